The second-order valence-corrected chi connectivity index (χ2v) is 7.48. The van der Waals surface area contributed by atoms with Crippen molar-refractivity contribution in [3.8, 4) is 0 Å². The van der Waals surface area contributed by atoms with Gasteiger partial charge in [0.25, 0.3) is 0 Å². The van der Waals surface area contributed by atoms with Gasteiger partial charge in [0, 0.05) is 24.0 Å². The average Bonchev–Trinajstić information content (AvgIpc) is 3.26. The molecule has 1 unspecified atom stereocenters. The predicted molar refractivity (Wildman–Crippen MR) is 94.4 cm³/mol. The van der Waals surface area contributed by atoms with Gasteiger partial charge in [-0.05, 0) is 55.8 Å². The molecule has 1 saturated carbocycles. The molecule has 4 heteroatoms. The molecule has 3 nitrogen and oxygen atoms in total. The van der Waals surface area contributed by atoms with Crippen LogP contribution in [0.15, 0.2) is 24.3 Å². The topological polar surface area (TPSA) is 32.3 Å². The number of amides is 1. The highest BCUT2D eigenvalue weighted by atomic mass is 35.5. The summed E-state index contributed by atoms with van der Waals surface area (Å²) in [7, 11) is 0. The van der Waals surface area contributed by atoms with Gasteiger partial charge in [0.15, 0.2) is 0 Å². The molecule has 2 aliphatic rings. The maximum atomic E-state index is 13.1. The summed E-state index contributed by atoms with van der Waals surface area (Å²) in [6.07, 6.45) is 5.54. The molecule has 1 saturated heterocycles. The van der Waals surface area contributed by atoms with E-state index in [4.69, 9.17) is 11.6 Å². The molecule has 23 heavy (non-hydrogen) atoms. The van der Waals surface area contributed by atoms with Gasteiger partial charge in [-0.25, -0.2) is 0 Å². The predicted octanol–water partition coefficient (Wildman–Crippen LogP) is 3.86. The molecule has 1 aromatic carbocycles. The Balaban J connectivity index is 1.69. The molecular formula is C19H27ClN2O. The quantitative estimate of drug-likeness (QED) is 0.856. The normalized spacial score (nSPS) is 22.1. The van der Waals surface area contributed by atoms with Gasteiger partial charge in [-0.1, -0.05) is 43.1 Å². The maximum absolute atomic E-state index is 13.1. The maximum Gasteiger partial charge on any atom is 0.226 e. The summed E-state index contributed by atoms with van der Waals surface area (Å²) in [6, 6.07) is 7.87. The Labute approximate surface area is 144 Å². The highest BCUT2D eigenvalue weighted by Gasteiger charge is 2.58. The first-order chi connectivity index (χ1) is 11.2. The average molecular weight is 335 g/mol. The van der Waals surface area contributed by atoms with E-state index in [1.165, 1.54) is 0 Å². The summed E-state index contributed by atoms with van der Waals surface area (Å²) in [5, 5.41) is 4.17. The molecule has 1 atom stereocenters. The van der Waals surface area contributed by atoms with Crippen molar-refractivity contribution >= 4 is 17.5 Å². The van der Waals surface area contributed by atoms with Crippen LogP contribution in [0.4, 0.5) is 0 Å². The van der Waals surface area contributed by atoms with Crippen molar-refractivity contribution in [2.24, 2.45) is 11.3 Å². The number of benzene rings is 1. The van der Waals surface area contributed by atoms with Gasteiger partial charge in [-0.2, -0.15) is 0 Å². The van der Waals surface area contributed by atoms with Gasteiger partial charge < -0.3 is 10.2 Å². The van der Waals surface area contributed by atoms with Crippen LogP contribution in [0.3, 0.4) is 0 Å². The van der Waals surface area contributed by atoms with Gasteiger partial charge in [0.05, 0.1) is 0 Å². The lowest BCUT2D eigenvalue weighted by Gasteiger charge is -2.27. The highest BCUT2D eigenvalue weighted by Crippen LogP contribution is 2.59. The number of nitrogens with one attached hydrogen (secondary N) is 1. The van der Waals surface area contributed by atoms with E-state index in [0.29, 0.717) is 17.9 Å². The van der Waals surface area contributed by atoms with E-state index in [0.717, 1.165) is 62.3 Å². The standard InChI is InChI=1S/C19H27ClN2O/c1-2-3-12-22(14-15-6-4-5-7-17(15)20)18(23)16-13-19(16)8-10-21-11-9-19/h4-7,16,21H,2-3,8-14H2,1H3. The van der Waals surface area contributed by atoms with Crippen LogP contribution in [0.2, 0.25) is 5.02 Å². The minimum absolute atomic E-state index is 0.240. The molecule has 1 aliphatic carbocycles. The smallest absolute Gasteiger partial charge is 0.226 e. The Hall–Kier alpha value is -1.06. The SMILES string of the molecule is CCCCN(Cc1ccccc1Cl)C(=O)C1CC12CCNCC2. The second-order valence-electron chi connectivity index (χ2n) is 7.07. The van der Waals surface area contributed by atoms with E-state index in [2.05, 4.69) is 12.2 Å². The van der Waals surface area contributed by atoms with Crippen LogP contribution < -0.4 is 5.32 Å². The Kier molecular flexibility index (Phi) is 5.27. The third kappa shape index (κ3) is 3.72. The fraction of sp³-hybridized carbons (Fsp3) is 0.632. The zero-order valence-corrected chi connectivity index (χ0v) is 14.7. The number of hydrogen-bond donors (Lipinski definition) is 1. The van der Waals surface area contributed by atoms with Crippen LogP contribution >= 0.6 is 11.6 Å². The van der Waals surface area contributed by atoms with Crippen molar-refractivity contribution in [1.29, 1.82) is 0 Å². The Bertz CT molecular complexity index is 554. The lowest BCUT2D eigenvalue weighted by atomic mass is 9.91. The Morgan fingerprint density at radius 2 is 2.09 bits per heavy atom. The minimum atomic E-state index is 0.240. The summed E-state index contributed by atoms with van der Waals surface area (Å²) in [5.41, 5.74) is 1.35. The van der Waals surface area contributed by atoms with E-state index < -0.39 is 0 Å². The molecular weight excluding hydrogens is 308 g/mol. The Morgan fingerprint density at radius 3 is 2.78 bits per heavy atom. The molecule has 0 bridgehead atoms. The lowest BCUT2D eigenvalue weighted by molar-refractivity contribution is -0.134. The number of nitrogens with zero attached hydrogens (tertiary/aromatic N) is 1. The largest absolute Gasteiger partial charge is 0.338 e. The van der Waals surface area contributed by atoms with Crippen molar-refractivity contribution in [2.75, 3.05) is 19.6 Å². The third-order valence-corrected chi connectivity index (χ3v) is 5.87. The monoisotopic (exact) mass is 334 g/mol. The van der Waals surface area contributed by atoms with Crippen molar-refractivity contribution in [1.82, 2.24) is 10.2 Å². The van der Waals surface area contributed by atoms with Crippen LogP contribution in [0.1, 0.15) is 44.6 Å². The van der Waals surface area contributed by atoms with Gasteiger partial charge >= 0.3 is 0 Å². The van der Waals surface area contributed by atoms with E-state index in [9.17, 15) is 4.79 Å². The molecule has 1 aromatic rings. The number of piperidine rings is 1. The molecule has 1 spiro atoms. The highest BCUT2D eigenvalue weighted by molar-refractivity contribution is 6.31. The second kappa shape index (κ2) is 7.23. The lowest BCUT2D eigenvalue weighted by Crippen LogP contribution is -2.36. The van der Waals surface area contributed by atoms with Crippen LogP contribution in [-0.2, 0) is 11.3 Å². The van der Waals surface area contributed by atoms with Crippen LogP contribution in [0.5, 0.6) is 0 Å². The van der Waals surface area contributed by atoms with Gasteiger partial charge in [0.2, 0.25) is 5.91 Å². The van der Waals surface area contributed by atoms with Crippen molar-refractivity contribution in [2.45, 2.75) is 45.6 Å². The first kappa shape index (κ1) is 16.8. The van der Waals surface area contributed by atoms with E-state index in [1.54, 1.807) is 0 Å². The number of halogens is 1. The molecule has 1 aliphatic heterocycles. The summed E-state index contributed by atoms with van der Waals surface area (Å²) < 4.78 is 0. The van der Waals surface area contributed by atoms with E-state index in [1.807, 2.05) is 29.2 Å². The third-order valence-electron chi connectivity index (χ3n) is 5.50. The van der Waals surface area contributed by atoms with Crippen LogP contribution in [0.25, 0.3) is 0 Å². The first-order valence-electron chi connectivity index (χ1n) is 8.89. The molecule has 1 heterocycles. The van der Waals surface area contributed by atoms with Crippen LogP contribution in [0, 0.1) is 11.3 Å². The number of carbonyl (C=O) groups is 1. The van der Waals surface area contributed by atoms with Gasteiger partial charge in [-0.3, -0.25) is 4.79 Å². The number of rotatable bonds is 6. The van der Waals surface area contributed by atoms with Crippen LogP contribution in [-0.4, -0.2) is 30.4 Å². The zero-order valence-electron chi connectivity index (χ0n) is 14.0. The summed E-state index contributed by atoms with van der Waals surface area (Å²) >= 11 is 6.30. The zero-order chi connectivity index (χ0) is 16.3. The number of hydrogen-bond acceptors (Lipinski definition) is 2. The molecule has 0 radical (unpaired) electrons. The first-order valence-corrected chi connectivity index (χ1v) is 9.27. The fourth-order valence-corrected chi connectivity index (χ4v) is 4.04. The number of unbranched alkanes of at least 4 members (excludes halogenated alkanes) is 1. The van der Waals surface area contributed by atoms with Crippen molar-refractivity contribution < 1.29 is 4.79 Å². The van der Waals surface area contributed by atoms with E-state index >= 15 is 0 Å². The fourth-order valence-electron chi connectivity index (χ4n) is 3.84. The summed E-state index contributed by atoms with van der Waals surface area (Å²) in [5.74, 6) is 0.587. The number of carbonyl (C=O) groups excluding carboxylic acids is 1. The molecule has 1 N–H and O–H groups in total. The summed E-state index contributed by atoms with van der Waals surface area (Å²) in [4.78, 5) is 15.1. The van der Waals surface area contributed by atoms with Gasteiger partial charge in [0.1, 0.15) is 0 Å². The molecule has 1 amide bonds. The Morgan fingerprint density at radius 1 is 1.35 bits per heavy atom. The van der Waals surface area contributed by atoms with E-state index in [-0.39, 0.29) is 5.92 Å². The molecule has 2 fully saturated rings. The molecule has 3 rings (SSSR count). The van der Waals surface area contributed by atoms with Gasteiger partial charge in [-0.15, -0.1) is 0 Å². The molecule has 0 aromatic heterocycles. The van der Waals surface area contributed by atoms with Crippen molar-refractivity contribution in [3.63, 3.8) is 0 Å². The minimum Gasteiger partial charge on any atom is -0.338 e. The van der Waals surface area contributed by atoms with Crippen molar-refractivity contribution in [3.05, 3.63) is 34.9 Å². The molecule has 126 valence electrons. The summed E-state index contributed by atoms with van der Waals surface area (Å²) in [6.45, 7) is 5.77.